The number of likely N-dealkylation sites (tertiary alicyclic amines) is 1. The zero-order valence-electron chi connectivity index (χ0n) is 16.4. The normalized spacial score (nSPS) is 18.6. The fourth-order valence-electron chi connectivity index (χ4n) is 4.15. The number of carbonyl (C=O) groups excluding carboxylic acids is 2. The predicted octanol–water partition coefficient (Wildman–Crippen LogP) is 3.22. The Bertz CT molecular complexity index is 852. The quantitative estimate of drug-likeness (QED) is 0.831. The van der Waals surface area contributed by atoms with Crippen molar-refractivity contribution in [2.75, 3.05) is 13.1 Å². The van der Waals surface area contributed by atoms with Crippen LogP contribution in [0.2, 0.25) is 5.02 Å². The first kappa shape index (κ1) is 19.9. The SMILES string of the molecule is O=C(NC1CCN(C(=O)c2cn(-c3ccc(Cl)cc3)nn2)CC1)C1CCCCC1. The van der Waals surface area contributed by atoms with E-state index in [9.17, 15) is 9.59 Å². The van der Waals surface area contributed by atoms with E-state index in [1.807, 2.05) is 12.1 Å². The first-order valence-corrected chi connectivity index (χ1v) is 10.8. The van der Waals surface area contributed by atoms with Gasteiger partial charge in [0.25, 0.3) is 5.91 Å². The highest BCUT2D eigenvalue weighted by Crippen LogP contribution is 2.24. The van der Waals surface area contributed by atoms with Crippen molar-refractivity contribution in [2.45, 2.75) is 51.0 Å². The van der Waals surface area contributed by atoms with E-state index < -0.39 is 0 Å². The zero-order chi connectivity index (χ0) is 20.2. The number of benzene rings is 1. The van der Waals surface area contributed by atoms with Crippen LogP contribution in [0.1, 0.15) is 55.4 Å². The fourth-order valence-corrected chi connectivity index (χ4v) is 4.28. The van der Waals surface area contributed by atoms with E-state index in [0.717, 1.165) is 44.2 Å². The first-order chi connectivity index (χ1) is 14.1. The Labute approximate surface area is 175 Å². The highest BCUT2D eigenvalue weighted by Gasteiger charge is 2.28. The molecule has 1 aliphatic carbocycles. The van der Waals surface area contributed by atoms with Crippen LogP contribution in [-0.4, -0.2) is 50.8 Å². The molecule has 1 aromatic heterocycles. The molecule has 0 radical (unpaired) electrons. The van der Waals surface area contributed by atoms with Gasteiger partial charge in [0.1, 0.15) is 0 Å². The van der Waals surface area contributed by atoms with Gasteiger partial charge in [-0.3, -0.25) is 9.59 Å². The van der Waals surface area contributed by atoms with Gasteiger partial charge in [0, 0.05) is 30.1 Å². The van der Waals surface area contributed by atoms with Gasteiger partial charge < -0.3 is 10.2 Å². The third kappa shape index (κ3) is 4.78. The number of carbonyl (C=O) groups is 2. The summed E-state index contributed by atoms with van der Waals surface area (Å²) >= 11 is 5.91. The molecule has 1 N–H and O–H groups in total. The summed E-state index contributed by atoms with van der Waals surface area (Å²) in [5, 5.41) is 11.9. The topological polar surface area (TPSA) is 80.1 Å². The predicted molar refractivity (Wildman–Crippen MR) is 110 cm³/mol. The van der Waals surface area contributed by atoms with Crippen molar-refractivity contribution >= 4 is 23.4 Å². The van der Waals surface area contributed by atoms with Gasteiger partial charge in [-0.1, -0.05) is 36.1 Å². The molecule has 2 heterocycles. The van der Waals surface area contributed by atoms with E-state index in [1.165, 1.54) is 6.42 Å². The lowest BCUT2D eigenvalue weighted by atomic mass is 9.88. The molecule has 7 nitrogen and oxygen atoms in total. The number of amides is 2. The summed E-state index contributed by atoms with van der Waals surface area (Å²) in [6, 6.07) is 7.34. The molecule has 0 bridgehead atoms. The molecule has 1 saturated heterocycles. The molecule has 0 spiro atoms. The van der Waals surface area contributed by atoms with E-state index in [4.69, 9.17) is 11.6 Å². The third-order valence-corrected chi connectivity index (χ3v) is 6.16. The average molecular weight is 416 g/mol. The molecule has 2 aromatic rings. The molecule has 29 heavy (non-hydrogen) atoms. The number of aromatic nitrogens is 3. The van der Waals surface area contributed by atoms with Gasteiger partial charge >= 0.3 is 0 Å². The van der Waals surface area contributed by atoms with Crippen molar-refractivity contribution < 1.29 is 9.59 Å². The molecule has 0 atom stereocenters. The minimum Gasteiger partial charge on any atom is -0.353 e. The molecular formula is C21H26ClN5O2. The van der Waals surface area contributed by atoms with Crippen molar-refractivity contribution in [3.05, 3.63) is 41.2 Å². The molecule has 154 valence electrons. The molecular weight excluding hydrogens is 390 g/mol. The van der Waals surface area contributed by atoms with Crippen LogP contribution in [0.5, 0.6) is 0 Å². The number of piperidine rings is 1. The highest BCUT2D eigenvalue weighted by atomic mass is 35.5. The average Bonchev–Trinajstić information content (AvgIpc) is 3.25. The fraction of sp³-hybridized carbons (Fsp3) is 0.524. The van der Waals surface area contributed by atoms with Crippen LogP contribution in [0.3, 0.4) is 0 Å². The number of nitrogens with one attached hydrogen (secondary N) is 1. The van der Waals surface area contributed by atoms with Crippen LogP contribution in [0.4, 0.5) is 0 Å². The summed E-state index contributed by atoms with van der Waals surface area (Å²) in [4.78, 5) is 27.0. The van der Waals surface area contributed by atoms with Gasteiger partial charge in [0.05, 0.1) is 11.9 Å². The van der Waals surface area contributed by atoms with Gasteiger partial charge in [0.15, 0.2) is 5.69 Å². The third-order valence-electron chi connectivity index (χ3n) is 5.91. The standard InChI is InChI=1S/C21H26ClN5O2/c22-16-6-8-18(9-7-16)27-14-19(24-25-27)21(29)26-12-10-17(11-13-26)23-20(28)15-4-2-1-3-5-15/h6-9,14-15,17H,1-5,10-13H2,(H,23,28). The molecule has 1 aromatic carbocycles. The van der Waals surface area contributed by atoms with Crippen LogP contribution in [0.25, 0.3) is 5.69 Å². The Hall–Kier alpha value is -2.41. The molecule has 4 rings (SSSR count). The van der Waals surface area contributed by atoms with Crippen molar-refractivity contribution in [3.8, 4) is 5.69 Å². The van der Waals surface area contributed by atoms with Crippen LogP contribution in [0, 0.1) is 5.92 Å². The lowest BCUT2D eigenvalue weighted by Gasteiger charge is -2.33. The second-order valence-electron chi connectivity index (χ2n) is 7.93. The number of hydrogen-bond acceptors (Lipinski definition) is 4. The maximum atomic E-state index is 12.8. The van der Waals surface area contributed by atoms with Gasteiger partial charge in [-0.05, 0) is 49.9 Å². The van der Waals surface area contributed by atoms with Crippen molar-refractivity contribution in [1.82, 2.24) is 25.2 Å². The first-order valence-electron chi connectivity index (χ1n) is 10.4. The Morgan fingerprint density at radius 3 is 2.38 bits per heavy atom. The van der Waals surface area contributed by atoms with Crippen molar-refractivity contribution in [2.24, 2.45) is 5.92 Å². The lowest BCUT2D eigenvalue weighted by molar-refractivity contribution is -0.126. The van der Waals surface area contributed by atoms with Gasteiger partial charge in [-0.25, -0.2) is 4.68 Å². The summed E-state index contributed by atoms with van der Waals surface area (Å²) in [7, 11) is 0. The van der Waals surface area contributed by atoms with E-state index in [-0.39, 0.29) is 23.8 Å². The van der Waals surface area contributed by atoms with Crippen molar-refractivity contribution in [1.29, 1.82) is 0 Å². The summed E-state index contributed by atoms with van der Waals surface area (Å²) < 4.78 is 1.57. The number of nitrogens with zero attached hydrogens (tertiary/aromatic N) is 4. The minimum atomic E-state index is -0.123. The monoisotopic (exact) mass is 415 g/mol. The molecule has 2 amide bonds. The van der Waals surface area contributed by atoms with Crippen LogP contribution in [-0.2, 0) is 4.79 Å². The largest absolute Gasteiger partial charge is 0.353 e. The Kier molecular flexibility index (Phi) is 6.13. The number of halogens is 1. The summed E-state index contributed by atoms with van der Waals surface area (Å²) in [5.74, 6) is 0.244. The molecule has 8 heteroatoms. The van der Waals surface area contributed by atoms with Gasteiger partial charge in [0.2, 0.25) is 5.91 Å². The molecule has 2 fully saturated rings. The number of hydrogen-bond donors (Lipinski definition) is 1. The van der Waals surface area contributed by atoms with E-state index in [0.29, 0.717) is 23.8 Å². The van der Waals surface area contributed by atoms with Crippen LogP contribution < -0.4 is 5.32 Å². The Morgan fingerprint density at radius 2 is 1.69 bits per heavy atom. The lowest BCUT2D eigenvalue weighted by Crippen LogP contribution is -2.48. The molecule has 1 aliphatic heterocycles. The van der Waals surface area contributed by atoms with Gasteiger partial charge in [-0.15, -0.1) is 5.10 Å². The molecule has 0 unspecified atom stereocenters. The minimum absolute atomic E-state index is 0.123. The Morgan fingerprint density at radius 1 is 1.00 bits per heavy atom. The summed E-state index contributed by atoms with van der Waals surface area (Å²) in [6.07, 6.45) is 8.75. The zero-order valence-corrected chi connectivity index (χ0v) is 17.1. The van der Waals surface area contributed by atoms with Crippen LogP contribution >= 0.6 is 11.6 Å². The maximum Gasteiger partial charge on any atom is 0.276 e. The summed E-state index contributed by atoms with van der Waals surface area (Å²) in [6.45, 7) is 1.23. The van der Waals surface area contributed by atoms with E-state index in [2.05, 4.69) is 15.6 Å². The maximum absolute atomic E-state index is 12.8. The smallest absolute Gasteiger partial charge is 0.276 e. The van der Waals surface area contributed by atoms with Crippen LogP contribution in [0.15, 0.2) is 30.5 Å². The summed E-state index contributed by atoms with van der Waals surface area (Å²) in [5.41, 5.74) is 1.12. The second-order valence-corrected chi connectivity index (χ2v) is 8.37. The molecule has 1 saturated carbocycles. The van der Waals surface area contributed by atoms with E-state index >= 15 is 0 Å². The molecule has 2 aliphatic rings. The van der Waals surface area contributed by atoms with Crippen molar-refractivity contribution in [3.63, 3.8) is 0 Å². The number of rotatable bonds is 4. The highest BCUT2D eigenvalue weighted by molar-refractivity contribution is 6.30. The van der Waals surface area contributed by atoms with E-state index in [1.54, 1.807) is 27.9 Å². The second kappa shape index (κ2) is 8.95. The Balaban J connectivity index is 1.30. The van der Waals surface area contributed by atoms with Gasteiger partial charge in [-0.2, -0.15) is 0 Å².